The second kappa shape index (κ2) is 8.08. The molecular formula is C21H22N2O4S. The van der Waals surface area contributed by atoms with E-state index >= 15 is 0 Å². The molecule has 28 heavy (non-hydrogen) atoms. The van der Waals surface area contributed by atoms with Crippen LogP contribution >= 0.6 is 11.8 Å². The summed E-state index contributed by atoms with van der Waals surface area (Å²) in [5.41, 5.74) is 5.88. The first kappa shape index (κ1) is 20.0. The van der Waals surface area contributed by atoms with Crippen molar-refractivity contribution in [1.29, 1.82) is 0 Å². The Kier molecular flexibility index (Phi) is 5.76. The van der Waals surface area contributed by atoms with E-state index in [2.05, 4.69) is 17.4 Å². The molecule has 0 saturated heterocycles. The summed E-state index contributed by atoms with van der Waals surface area (Å²) in [6, 6.07) is 15.8. The Hall–Kier alpha value is -2.77. The van der Waals surface area contributed by atoms with E-state index in [0.717, 1.165) is 10.6 Å². The lowest BCUT2D eigenvalue weighted by atomic mass is 10.0. The second-order valence-electron chi connectivity index (χ2n) is 6.77. The highest BCUT2D eigenvalue weighted by Crippen LogP contribution is 2.31. The van der Waals surface area contributed by atoms with Crippen LogP contribution < -0.4 is 11.1 Å². The van der Waals surface area contributed by atoms with Gasteiger partial charge in [-0.25, -0.2) is 0 Å². The summed E-state index contributed by atoms with van der Waals surface area (Å²) in [7, 11) is 0. The molecule has 0 aliphatic carbocycles. The Morgan fingerprint density at radius 3 is 2.57 bits per heavy atom. The number of carbonyl (C=O) groups is 2. The number of aliphatic hydroxyl groups is 1. The predicted octanol–water partition coefficient (Wildman–Crippen LogP) is 3.00. The largest absolute Gasteiger partial charge is 0.461 e. The first-order valence-electron chi connectivity index (χ1n) is 8.77. The highest BCUT2D eigenvalue weighted by atomic mass is 32.2. The molecular weight excluding hydrogens is 376 g/mol. The molecule has 7 heteroatoms. The van der Waals surface area contributed by atoms with Crippen molar-refractivity contribution < 1.29 is 19.1 Å². The Bertz CT molecular complexity index is 1020. The molecule has 1 aromatic heterocycles. The second-order valence-corrected chi connectivity index (χ2v) is 7.82. The number of carbonyl (C=O) groups excluding carboxylic acids is 2. The van der Waals surface area contributed by atoms with Gasteiger partial charge in [-0.15, -0.1) is 11.8 Å². The lowest BCUT2D eigenvalue weighted by molar-refractivity contribution is -0.124. The molecule has 3 aromatic rings. The van der Waals surface area contributed by atoms with Gasteiger partial charge in [-0.3, -0.25) is 9.59 Å². The van der Waals surface area contributed by atoms with Crippen LogP contribution in [0.5, 0.6) is 0 Å². The molecule has 3 rings (SSSR count). The van der Waals surface area contributed by atoms with Crippen molar-refractivity contribution in [3.8, 4) is 0 Å². The molecule has 146 valence electrons. The maximum atomic E-state index is 12.8. The van der Waals surface area contributed by atoms with Crippen LogP contribution in [-0.4, -0.2) is 29.1 Å². The molecule has 0 fully saturated rings. The summed E-state index contributed by atoms with van der Waals surface area (Å²) < 4.78 is 5.70. The number of primary amides is 1. The Labute approximate surface area is 167 Å². The zero-order chi connectivity index (χ0) is 20.3. The number of aryl methyl sites for hydroxylation is 1. The van der Waals surface area contributed by atoms with Crippen molar-refractivity contribution in [1.82, 2.24) is 5.32 Å². The molecule has 2 aromatic carbocycles. The van der Waals surface area contributed by atoms with E-state index in [9.17, 15) is 14.7 Å². The Morgan fingerprint density at radius 1 is 1.21 bits per heavy atom. The lowest BCUT2D eigenvalue weighted by Crippen LogP contribution is -2.57. The van der Waals surface area contributed by atoms with Gasteiger partial charge >= 0.3 is 0 Å². The quantitative estimate of drug-likeness (QED) is 0.531. The molecule has 0 bridgehead atoms. The maximum absolute atomic E-state index is 12.8. The molecule has 2 amide bonds. The minimum absolute atomic E-state index is 0.332. The third kappa shape index (κ3) is 4.05. The van der Waals surface area contributed by atoms with E-state index < -0.39 is 24.0 Å². The van der Waals surface area contributed by atoms with E-state index in [-0.39, 0.29) is 0 Å². The van der Waals surface area contributed by atoms with Crippen molar-refractivity contribution in [2.75, 3.05) is 6.61 Å². The van der Waals surface area contributed by atoms with Crippen molar-refractivity contribution in [2.24, 2.45) is 5.73 Å². The summed E-state index contributed by atoms with van der Waals surface area (Å²) in [4.78, 5) is 25.4. The summed E-state index contributed by atoms with van der Waals surface area (Å²) in [6.45, 7) is 2.47. The zero-order valence-electron chi connectivity index (χ0n) is 15.7. The number of fused-ring (bicyclic) bond motifs is 1. The van der Waals surface area contributed by atoms with E-state index in [4.69, 9.17) is 10.2 Å². The van der Waals surface area contributed by atoms with Crippen LogP contribution in [0, 0.1) is 6.92 Å². The third-order valence-corrected chi connectivity index (χ3v) is 5.63. The zero-order valence-corrected chi connectivity index (χ0v) is 16.5. The van der Waals surface area contributed by atoms with E-state index in [0.29, 0.717) is 22.3 Å². The topological polar surface area (TPSA) is 106 Å². The van der Waals surface area contributed by atoms with Gasteiger partial charge in [-0.05, 0) is 37.6 Å². The number of hydrogen-bond donors (Lipinski definition) is 3. The van der Waals surface area contributed by atoms with Crippen molar-refractivity contribution >= 4 is 34.5 Å². The van der Waals surface area contributed by atoms with Crippen LogP contribution in [0.2, 0.25) is 0 Å². The first-order chi connectivity index (χ1) is 13.3. The Morgan fingerprint density at radius 2 is 1.93 bits per heavy atom. The van der Waals surface area contributed by atoms with E-state index in [1.54, 1.807) is 18.7 Å². The van der Waals surface area contributed by atoms with Crippen molar-refractivity contribution in [2.45, 2.75) is 30.0 Å². The standard InChI is InChI=1S/C21H22N2O4S/c1-13-18(19(25)23-21(2,12-24)20(22)26)16-10-15(8-9-17(16)27-13)28-11-14-6-4-3-5-7-14/h3-10,24H,11-12H2,1-2H3,(H2,22,26)(H,23,25)/t21-/m0/s1. The average Bonchev–Trinajstić information content (AvgIpc) is 3.02. The molecule has 1 heterocycles. The smallest absolute Gasteiger partial charge is 0.256 e. The Balaban J connectivity index is 1.89. The SMILES string of the molecule is Cc1oc2ccc(SCc3ccccc3)cc2c1C(=O)N[C@@](C)(CO)C(N)=O. The summed E-state index contributed by atoms with van der Waals surface area (Å²) in [5, 5.41) is 12.6. The molecule has 6 nitrogen and oxygen atoms in total. The highest BCUT2D eigenvalue weighted by molar-refractivity contribution is 7.98. The van der Waals surface area contributed by atoms with Gasteiger partial charge in [-0.1, -0.05) is 30.3 Å². The van der Waals surface area contributed by atoms with Crippen LogP contribution in [0.25, 0.3) is 11.0 Å². The number of nitrogens with one attached hydrogen (secondary N) is 1. The van der Waals surface area contributed by atoms with E-state index in [1.807, 2.05) is 36.4 Å². The summed E-state index contributed by atoms with van der Waals surface area (Å²) in [5.74, 6) is -0.0956. The number of nitrogens with two attached hydrogens (primary N) is 1. The van der Waals surface area contributed by atoms with Gasteiger partial charge in [0.25, 0.3) is 5.91 Å². The molecule has 0 radical (unpaired) electrons. The predicted molar refractivity (Wildman–Crippen MR) is 109 cm³/mol. The van der Waals surface area contributed by atoms with Gasteiger partial charge in [-0.2, -0.15) is 0 Å². The van der Waals surface area contributed by atoms with Crippen LogP contribution in [0.15, 0.2) is 57.8 Å². The number of hydrogen-bond acceptors (Lipinski definition) is 5. The van der Waals surface area contributed by atoms with Gasteiger partial charge in [0.2, 0.25) is 5.91 Å². The summed E-state index contributed by atoms with van der Waals surface area (Å²) in [6.07, 6.45) is 0. The van der Waals surface area contributed by atoms with Gasteiger partial charge < -0.3 is 20.6 Å². The molecule has 4 N–H and O–H groups in total. The fraction of sp³-hybridized carbons (Fsp3) is 0.238. The number of amides is 2. The average molecular weight is 398 g/mol. The van der Waals surface area contributed by atoms with Crippen LogP contribution in [-0.2, 0) is 10.5 Å². The van der Waals surface area contributed by atoms with Gasteiger partial charge in [0.1, 0.15) is 16.9 Å². The van der Waals surface area contributed by atoms with E-state index in [1.165, 1.54) is 12.5 Å². The van der Waals surface area contributed by atoms with Crippen LogP contribution in [0.3, 0.4) is 0 Å². The monoisotopic (exact) mass is 398 g/mol. The number of benzene rings is 2. The number of aliphatic hydroxyl groups excluding tert-OH is 1. The normalized spacial score (nSPS) is 13.2. The molecule has 0 unspecified atom stereocenters. The molecule has 0 saturated carbocycles. The van der Waals surface area contributed by atoms with Gasteiger partial charge in [0, 0.05) is 16.0 Å². The fourth-order valence-electron chi connectivity index (χ4n) is 2.80. The molecule has 1 atom stereocenters. The molecule has 0 aliphatic heterocycles. The van der Waals surface area contributed by atoms with Gasteiger partial charge in [0.15, 0.2) is 0 Å². The number of thioether (sulfide) groups is 1. The minimum Gasteiger partial charge on any atom is -0.461 e. The molecule has 0 aliphatic rings. The third-order valence-electron chi connectivity index (χ3n) is 4.56. The first-order valence-corrected chi connectivity index (χ1v) is 9.76. The van der Waals surface area contributed by atoms with Crippen LogP contribution in [0.4, 0.5) is 0 Å². The van der Waals surface area contributed by atoms with Crippen molar-refractivity contribution in [3.05, 3.63) is 65.4 Å². The minimum atomic E-state index is -1.55. The number of rotatable bonds is 7. The van der Waals surface area contributed by atoms with Gasteiger partial charge in [0.05, 0.1) is 12.2 Å². The maximum Gasteiger partial charge on any atom is 0.256 e. The van der Waals surface area contributed by atoms with Crippen LogP contribution in [0.1, 0.15) is 28.6 Å². The molecule has 0 spiro atoms. The fourth-order valence-corrected chi connectivity index (χ4v) is 3.70. The highest BCUT2D eigenvalue weighted by Gasteiger charge is 2.34. The summed E-state index contributed by atoms with van der Waals surface area (Å²) >= 11 is 1.65. The van der Waals surface area contributed by atoms with Crippen molar-refractivity contribution in [3.63, 3.8) is 0 Å². The lowest BCUT2D eigenvalue weighted by Gasteiger charge is -2.24. The number of furan rings is 1.